The van der Waals surface area contributed by atoms with Crippen molar-refractivity contribution in [2.45, 2.75) is 6.54 Å². The number of benzene rings is 1. The van der Waals surface area contributed by atoms with Crippen LogP contribution in [0.25, 0.3) is 0 Å². The minimum atomic E-state index is -0.411. The minimum Gasteiger partial charge on any atom is -0.389 e. The smallest absolute Gasteiger partial charge is 0.135 e. The maximum absolute atomic E-state index is 13.6. The standard InChI is InChI=1S/C12H13FN4S/c13-9-3-1-4-10(11(9)12(14)18)15-6-8-17-7-2-5-16-17/h1-5,7,15H,6,8H2,(H2,14,18). The van der Waals surface area contributed by atoms with E-state index >= 15 is 0 Å². The second kappa shape index (κ2) is 5.59. The monoisotopic (exact) mass is 264 g/mol. The molecule has 94 valence electrons. The van der Waals surface area contributed by atoms with E-state index in [1.165, 1.54) is 6.07 Å². The average molecular weight is 264 g/mol. The van der Waals surface area contributed by atoms with Crippen LogP contribution in [0.2, 0.25) is 0 Å². The molecule has 2 aromatic rings. The third kappa shape index (κ3) is 2.84. The van der Waals surface area contributed by atoms with Gasteiger partial charge in [-0.2, -0.15) is 5.10 Å². The van der Waals surface area contributed by atoms with Crippen LogP contribution in [-0.2, 0) is 6.54 Å². The third-order valence-electron chi connectivity index (χ3n) is 2.48. The van der Waals surface area contributed by atoms with Gasteiger partial charge in [0.1, 0.15) is 10.8 Å². The number of hydrogen-bond acceptors (Lipinski definition) is 3. The lowest BCUT2D eigenvalue weighted by Crippen LogP contribution is -2.17. The molecule has 2 rings (SSSR count). The number of nitrogens with one attached hydrogen (secondary N) is 1. The third-order valence-corrected chi connectivity index (χ3v) is 2.68. The normalized spacial score (nSPS) is 10.3. The highest BCUT2D eigenvalue weighted by Gasteiger charge is 2.10. The van der Waals surface area contributed by atoms with Crippen LogP contribution in [-0.4, -0.2) is 21.3 Å². The second-order valence-electron chi connectivity index (χ2n) is 3.72. The summed E-state index contributed by atoms with van der Waals surface area (Å²) in [5.74, 6) is -0.411. The van der Waals surface area contributed by atoms with Crippen LogP contribution >= 0.6 is 12.2 Å². The van der Waals surface area contributed by atoms with Gasteiger partial charge in [-0.15, -0.1) is 0 Å². The van der Waals surface area contributed by atoms with Crippen LogP contribution in [0.5, 0.6) is 0 Å². The summed E-state index contributed by atoms with van der Waals surface area (Å²) >= 11 is 4.85. The SMILES string of the molecule is NC(=S)c1c(F)cccc1NCCn1cccn1. The van der Waals surface area contributed by atoms with Crippen LogP contribution in [0.4, 0.5) is 10.1 Å². The van der Waals surface area contributed by atoms with Crippen molar-refractivity contribution >= 4 is 22.9 Å². The summed E-state index contributed by atoms with van der Waals surface area (Å²) in [6, 6.07) is 6.56. The number of rotatable bonds is 5. The summed E-state index contributed by atoms with van der Waals surface area (Å²) in [5.41, 5.74) is 6.38. The predicted octanol–water partition coefficient (Wildman–Crippen LogP) is 1.77. The Labute approximate surface area is 110 Å². The van der Waals surface area contributed by atoms with Crippen LogP contribution in [0, 0.1) is 5.82 Å². The predicted molar refractivity (Wildman–Crippen MR) is 73.0 cm³/mol. The number of nitrogens with two attached hydrogens (primary N) is 1. The van der Waals surface area contributed by atoms with Gasteiger partial charge in [0, 0.05) is 24.6 Å². The van der Waals surface area contributed by atoms with Gasteiger partial charge < -0.3 is 11.1 Å². The number of aromatic nitrogens is 2. The molecular weight excluding hydrogens is 251 g/mol. The zero-order chi connectivity index (χ0) is 13.0. The van der Waals surface area contributed by atoms with Crippen LogP contribution in [0.1, 0.15) is 5.56 Å². The van der Waals surface area contributed by atoms with E-state index < -0.39 is 5.82 Å². The van der Waals surface area contributed by atoms with Crippen molar-refractivity contribution in [3.8, 4) is 0 Å². The zero-order valence-corrected chi connectivity index (χ0v) is 10.5. The van der Waals surface area contributed by atoms with Crippen molar-refractivity contribution in [3.63, 3.8) is 0 Å². The van der Waals surface area contributed by atoms with E-state index in [9.17, 15) is 4.39 Å². The van der Waals surface area contributed by atoms with Gasteiger partial charge in [0.25, 0.3) is 0 Å². The Bertz CT molecular complexity index is 539. The first kappa shape index (κ1) is 12.5. The molecule has 0 bridgehead atoms. The second-order valence-corrected chi connectivity index (χ2v) is 4.16. The molecule has 0 radical (unpaired) electrons. The first-order chi connectivity index (χ1) is 8.68. The number of halogens is 1. The van der Waals surface area contributed by atoms with E-state index in [0.717, 1.165) is 0 Å². The Morgan fingerprint density at radius 2 is 2.28 bits per heavy atom. The first-order valence-electron chi connectivity index (χ1n) is 5.48. The molecule has 1 aromatic carbocycles. The van der Waals surface area contributed by atoms with Crippen LogP contribution < -0.4 is 11.1 Å². The van der Waals surface area contributed by atoms with Crippen molar-refractivity contribution in [1.82, 2.24) is 9.78 Å². The Morgan fingerprint density at radius 3 is 2.94 bits per heavy atom. The molecule has 4 nitrogen and oxygen atoms in total. The van der Waals surface area contributed by atoms with Crippen molar-refractivity contribution in [3.05, 3.63) is 48.0 Å². The van der Waals surface area contributed by atoms with Gasteiger partial charge in [-0.3, -0.25) is 4.68 Å². The lowest BCUT2D eigenvalue weighted by molar-refractivity contribution is 0.623. The molecule has 1 heterocycles. The van der Waals surface area contributed by atoms with E-state index in [0.29, 0.717) is 18.8 Å². The van der Waals surface area contributed by atoms with Crippen molar-refractivity contribution in [2.24, 2.45) is 5.73 Å². The summed E-state index contributed by atoms with van der Waals surface area (Å²) < 4.78 is 15.4. The molecule has 0 aliphatic carbocycles. The van der Waals surface area contributed by atoms with Crippen LogP contribution in [0.3, 0.4) is 0 Å². The number of anilines is 1. The minimum absolute atomic E-state index is 0.0506. The topological polar surface area (TPSA) is 55.9 Å². The number of nitrogens with zero attached hydrogens (tertiary/aromatic N) is 2. The summed E-state index contributed by atoms with van der Waals surface area (Å²) in [7, 11) is 0. The Hall–Kier alpha value is -1.95. The van der Waals surface area contributed by atoms with E-state index in [-0.39, 0.29) is 10.6 Å². The molecule has 0 fully saturated rings. The zero-order valence-electron chi connectivity index (χ0n) is 9.64. The van der Waals surface area contributed by atoms with Gasteiger partial charge in [-0.25, -0.2) is 4.39 Å². The lowest BCUT2D eigenvalue weighted by atomic mass is 10.1. The van der Waals surface area contributed by atoms with E-state index in [1.54, 1.807) is 23.0 Å². The Kier molecular flexibility index (Phi) is 3.88. The highest BCUT2D eigenvalue weighted by atomic mass is 32.1. The van der Waals surface area contributed by atoms with Gasteiger partial charge in [0.15, 0.2) is 0 Å². The molecule has 0 aliphatic rings. The van der Waals surface area contributed by atoms with Crippen molar-refractivity contribution in [2.75, 3.05) is 11.9 Å². The molecule has 6 heteroatoms. The highest BCUT2D eigenvalue weighted by molar-refractivity contribution is 7.80. The van der Waals surface area contributed by atoms with E-state index in [2.05, 4.69) is 10.4 Å². The van der Waals surface area contributed by atoms with Crippen molar-refractivity contribution < 1.29 is 4.39 Å². The van der Waals surface area contributed by atoms with Gasteiger partial charge in [0.05, 0.1) is 12.1 Å². The van der Waals surface area contributed by atoms with Gasteiger partial charge in [0.2, 0.25) is 0 Å². The maximum atomic E-state index is 13.6. The van der Waals surface area contributed by atoms with Gasteiger partial charge in [-0.05, 0) is 18.2 Å². The molecule has 0 amide bonds. The summed E-state index contributed by atoms with van der Waals surface area (Å²) in [6.45, 7) is 1.29. The lowest BCUT2D eigenvalue weighted by Gasteiger charge is -2.11. The molecule has 0 atom stereocenters. The highest BCUT2D eigenvalue weighted by Crippen LogP contribution is 2.18. The molecule has 0 aliphatic heterocycles. The molecule has 0 saturated heterocycles. The first-order valence-corrected chi connectivity index (χ1v) is 5.89. The Balaban J connectivity index is 2.05. The summed E-state index contributed by atoms with van der Waals surface area (Å²) in [6.07, 6.45) is 3.57. The molecule has 1 aromatic heterocycles. The fraction of sp³-hybridized carbons (Fsp3) is 0.167. The van der Waals surface area contributed by atoms with Gasteiger partial charge >= 0.3 is 0 Å². The van der Waals surface area contributed by atoms with E-state index in [4.69, 9.17) is 18.0 Å². The average Bonchev–Trinajstić information content (AvgIpc) is 2.81. The quantitative estimate of drug-likeness (QED) is 0.808. The van der Waals surface area contributed by atoms with Gasteiger partial charge in [-0.1, -0.05) is 18.3 Å². The molecule has 0 unspecified atom stereocenters. The molecule has 18 heavy (non-hydrogen) atoms. The van der Waals surface area contributed by atoms with E-state index in [1.807, 2.05) is 12.3 Å². The number of hydrogen-bond donors (Lipinski definition) is 2. The number of thiocarbonyl (C=S) groups is 1. The Morgan fingerprint density at radius 1 is 1.44 bits per heavy atom. The summed E-state index contributed by atoms with van der Waals surface area (Å²) in [4.78, 5) is 0.0506. The van der Waals surface area contributed by atoms with Crippen LogP contribution in [0.15, 0.2) is 36.7 Å². The maximum Gasteiger partial charge on any atom is 0.135 e. The fourth-order valence-electron chi connectivity index (χ4n) is 1.66. The summed E-state index contributed by atoms with van der Waals surface area (Å²) in [5, 5.41) is 7.18. The largest absolute Gasteiger partial charge is 0.389 e. The molecular formula is C12H13FN4S. The molecule has 0 saturated carbocycles. The molecule has 3 N–H and O–H groups in total. The van der Waals surface area contributed by atoms with Crippen molar-refractivity contribution in [1.29, 1.82) is 0 Å². The fourth-order valence-corrected chi connectivity index (χ4v) is 1.87. The molecule has 0 spiro atoms.